The highest BCUT2D eigenvalue weighted by molar-refractivity contribution is 6.15. The first-order chi connectivity index (χ1) is 20.8. The van der Waals surface area contributed by atoms with Crippen LogP contribution >= 0.6 is 0 Å². The van der Waals surface area contributed by atoms with Crippen molar-refractivity contribution >= 4 is 54.6 Å². The first-order valence-corrected chi connectivity index (χ1v) is 14.2. The Labute approximate surface area is 240 Å². The average Bonchev–Trinajstić information content (AvgIpc) is 3.69. The largest absolute Gasteiger partial charge is 0.456 e. The van der Waals surface area contributed by atoms with Crippen molar-refractivity contribution in [1.29, 1.82) is 0 Å². The third kappa shape index (κ3) is 2.85. The predicted octanol–water partition coefficient (Wildman–Crippen LogP) is 9.94. The molecule has 0 radical (unpaired) electrons. The molecule has 0 unspecified atom stereocenters. The highest BCUT2D eigenvalue weighted by atomic mass is 16.3. The smallest absolute Gasteiger partial charge is 0.138 e. The number of nitrogens with zero attached hydrogens (tertiary/aromatic N) is 3. The van der Waals surface area contributed by atoms with Gasteiger partial charge in [0.1, 0.15) is 17.0 Å². The van der Waals surface area contributed by atoms with Gasteiger partial charge in [0.15, 0.2) is 0 Å². The fraction of sp³-hybridized carbons (Fsp3) is 0. The summed E-state index contributed by atoms with van der Waals surface area (Å²) in [5.41, 5.74) is 12.2. The SMILES string of the molecule is c1cc2c3c(cc(-n4c5ccccc5c5cc(-c6ccc7oc8ccccc8c7c6)ccc54)nc3c1)-c1cnccc1-2. The van der Waals surface area contributed by atoms with Gasteiger partial charge in [0, 0.05) is 44.9 Å². The first-order valence-electron chi connectivity index (χ1n) is 14.2. The highest BCUT2D eigenvalue weighted by Gasteiger charge is 2.24. The number of rotatable bonds is 2. The van der Waals surface area contributed by atoms with Crippen molar-refractivity contribution in [2.75, 3.05) is 0 Å². The molecular formula is C38H21N3O. The second kappa shape index (κ2) is 7.93. The van der Waals surface area contributed by atoms with Gasteiger partial charge in [-0.05, 0) is 82.4 Å². The molecule has 0 saturated heterocycles. The van der Waals surface area contributed by atoms with E-state index >= 15 is 0 Å². The Balaban J connectivity index is 1.22. The third-order valence-corrected chi connectivity index (χ3v) is 8.83. The van der Waals surface area contributed by atoms with E-state index in [1.807, 2.05) is 24.5 Å². The molecule has 0 spiro atoms. The quantitative estimate of drug-likeness (QED) is 0.221. The Hall–Kier alpha value is -5.74. The van der Waals surface area contributed by atoms with Gasteiger partial charge < -0.3 is 4.42 Å². The standard InChI is InChI=1S/C38H21N3O/c1-3-10-33-25(6-1)28-18-22(23-13-15-36-29(19-23)26-7-2-4-11-35(26)42-36)12-14-34(28)41(33)37-20-30-31-21-39-17-16-24(31)27-8-5-9-32(40-37)38(27)30/h1-21H. The van der Waals surface area contributed by atoms with Crippen LogP contribution in [-0.4, -0.2) is 14.5 Å². The zero-order chi connectivity index (χ0) is 27.4. The molecule has 4 heterocycles. The van der Waals surface area contributed by atoms with E-state index in [0.717, 1.165) is 49.9 Å². The van der Waals surface area contributed by atoms with Crippen molar-refractivity contribution in [3.05, 3.63) is 128 Å². The molecule has 0 fully saturated rings. The molecule has 0 aliphatic heterocycles. The van der Waals surface area contributed by atoms with Crippen molar-refractivity contribution in [3.8, 4) is 39.2 Å². The van der Waals surface area contributed by atoms with Gasteiger partial charge in [0.2, 0.25) is 0 Å². The summed E-state index contributed by atoms with van der Waals surface area (Å²) >= 11 is 0. The third-order valence-electron chi connectivity index (χ3n) is 8.83. The maximum absolute atomic E-state index is 6.08. The fourth-order valence-electron chi connectivity index (χ4n) is 6.97. The number of aromatic nitrogens is 3. The van der Waals surface area contributed by atoms with Gasteiger partial charge in [-0.3, -0.25) is 9.55 Å². The summed E-state index contributed by atoms with van der Waals surface area (Å²) in [7, 11) is 0. The van der Waals surface area contributed by atoms with Crippen molar-refractivity contribution in [2.24, 2.45) is 0 Å². The Morgan fingerprint density at radius 3 is 2.26 bits per heavy atom. The van der Waals surface area contributed by atoms with Crippen LogP contribution in [0.1, 0.15) is 0 Å². The lowest BCUT2D eigenvalue weighted by Gasteiger charge is -2.11. The zero-order valence-corrected chi connectivity index (χ0v) is 22.4. The van der Waals surface area contributed by atoms with E-state index in [2.05, 4.69) is 113 Å². The van der Waals surface area contributed by atoms with E-state index < -0.39 is 0 Å². The molecule has 42 heavy (non-hydrogen) atoms. The van der Waals surface area contributed by atoms with Gasteiger partial charge in [-0.15, -0.1) is 0 Å². The normalized spacial score (nSPS) is 12.3. The second-order valence-electron chi connectivity index (χ2n) is 11.0. The lowest BCUT2D eigenvalue weighted by Crippen LogP contribution is -1.98. The van der Waals surface area contributed by atoms with E-state index in [1.54, 1.807) is 0 Å². The van der Waals surface area contributed by atoms with Crippen LogP contribution < -0.4 is 0 Å². The highest BCUT2D eigenvalue weighted by Crippen LogP contribution is 2.47. The topological polar surface area (TPSA) is 43.9 Å². The van der Waals surface area contributed by atoms with Crippen LogP contribution in [0, 0.1) is 0 Å². The molecule has 9 aromatic rings. The van der Waals surface area contributed by atoms with Crippen molar-refractivity contribution in [1.82, 2.24) is 14.5 Å². The molecule has 5 aromatic carbocycles. The van der Waals surface area contributed by atoms with Gasteiger partial charge in [0.25, 0.3) is 0 Å². The van der Waals surface area contributed by atoms with E-state index in [9.17, 15) is 0 Å². The Morgan fingerprint density at radius 2 is 1.31 bits per heavy atom. The molecule has 4 aromatic heterocycles. The van der Waals surface area contributed by atoms with Crippen LogP contribution in [0.15, 0.2) is 132 Å². The van der Waals surface area contributed by atoms with Gasteiger partial charge in [-0.2, -0.15) is 0 Å². The molecule has 0 amide bonds. The summed E-state index contributed by atoms with van der Waals surface area (Å²) in [6, 6.07) is 40.9. The van der Waals surface area contributed by atoms with E-state index in [4.69, 9.17) is 9.40 Å². The Bertz CT molecular complexity index is 2590. The zero-order valence-electron chi connectivity index (χ0n) is 22.4. The molecule has 1 aliphatic rings. The first kappa shape index (κ1) is 22.0. The number of fused-ring (bicyclic) bond motifs is 9. The molecule has 0 saturated carbocycles. The average molecular weight is 536 g/mol. The number of para-hydroxylation sites is 2. The van der Waals surface area contributed by atoms with Gasteiger partial charge in [0.05, 0.1) is 16.6 Å². The lowest BCUT2D eigenvalue weighted by atomic mass is 10.0. The molecule has 194 valence electrons. The minimum atomic E-state index is 0.910. The molecule has 4 heteroatoms. The Morgan fingerprint density at radius 1 is 0.524 bits per heavy atom. The molecular weight excluding hydrogens is 514 g/mol. The van der Waals surface area contributed by atoms with Gasteiger partial charge in [-0.1, -0.05) is 60.7 Å². The van der Waals surface area contributed by atoms with Crippen LogP contribution in [0.3, 0.4) is 0 Å². The number of pyridine rings is 2. The van der Waals surface area contributed by atoms with Crippen molar-refractivity contribution < 1.29 is 4.42 Å². The number of furan rings is 1. The van der Waals surface area contributed by atoms with Crippen LogP contribution in [0.4, 0.5) is 0 Å². The van der Waals surface area contributed by atoms with Crippen LogP contribution in [0.2, 0.25) is 0 Å². The maximum atomic E-state index is 6.08. The summed E-state index contributed by atoms with van der Waals surface area (Å²) in [6.45, 7) is 0. The van der Waals surface area contributed by atoms with Crippen molar-refractivity contribution in [3.63, 3.8) is 0 Å². The fourth-order valence-corrected chi connectivity index (χ4v) is 6.97. The van der Waals surface area contributed by atoms with Crippen molar-refractivity contribution in [2.45, 2.75) is 0 Å². The van der Waals surface area contributed by atoms with Gasteiger partial charge >= 0.3 is 0 Å². The molecule has 1 aliphatic carbocycles. The van der Waals surface area contributed by atoms with E-state index in [-0.39, 0.29) is 0 Å². The summed E-state index contributed by atoms with van der Waals surface area (Å²) < 4.78 is 8.39. The molecule has 10 rings (SSSR count). The maximum Gasteiger partial charge on any atom is 0.138 e. The van der Waals surface area contributed by atoms with Crippen LogP contribution in [-0.2, 0) is 0 Å². The summed E-state index contributed by atoms with van der Waals surface area (Å²) in [5.74, 6) is 0.914. The number of benzene rings is 5. The van der Waals surface area contributed by atoms with Crippen LogP contribution in [0.25, 0.3) is 93.8 Å². The molecule has 0 bridgehead atoms. The summed E-state index contributed by atoms with van der Waals surface area (Å²) in [6.07, 6.45) is 3.85. The monoisotopic (exact) mass is 535 g/mol. The molecule has 4 nitrogen and oxygen atoms in total. The molecule has 0 atom stereocenters. The van der Waals surface area contributed by atoms with E-state index in [0.29, 0.717) is 0 Å². The summed E-state index contributed by atoms with van der Waals surface area (Å²) in [4.78, 5) is 9.69. The Kier molecular flexibility index (Phi) is 4.15. The predicted molar refractivity (Wildman–Crippen MR) is 171 cm³/mol. The second-order valence-corrected chi connectivity index (χ2v) is 11.0. The van der Waals surface area contributed by atoms with E-state index in [1.165, 1.54) is 44.0 Å². The number of hydrogen-bond acceptors (Lipinski definition) is 3. The van der Waals surface area contributed by atoms with Crippen LogP contribution in [0.5, 0.6) is 0 Å². The number of hydrogen-bond donors (Lipinski definition) is 0. The lowest BCUT2D eigenvalue weighted by molar-refractivity contribution is 0.669. The van der Waals surface area contributed by atoms with Gasteiger partial charge in [-0.25, -0.2) is 4.98 Å². The molecule has 0 N–H and O–H groups in total. The summed E-state index contributed by atoms with van der Waals surface area (Å²) in [5, 5.41) is 5.89. The minimum absolute atomic E-state index is 0.910. The minimum Gasteiger partial charge on any atom is -0.456 e.